The molecule has 0 saturated heterocycles. The first-order valence-electron chi connectivity index (χ1n) is 7.51. The van der Waals surface area contributed by atoms with Crippen LogP contribution in [0.1, 0.15) is 19.3 Å². The van der Waals surface area contributed by atoms with E-state index < -0.39 is 30.0 Å². The van der Waals surface area contributed by atoms with Gasteiger partial charge >= 0.3 is 17.9 Å². The number of halogens is 1. The summed E-state index contributed by atoms with van der Waals surface area (Å²) in [5, 5.41) is 25.4. The number of nitrogens with zero attached hydrogens (tertiary/aromatic N) is 2. The van der Waals surface area contributed by atoms with E-state index >= 15 is 0 Å². The Hall–Kier alpha value is -2.86. The number of nitriles is 1. The summed E-state index contributed by atoms with van der Waals surface area (Å²) < 4.78 is 0. The van der Waals surface area contributed by atoms with E-state index in [1.165, 1.54) is 18.3 Å². The average Bonchev–Trinajstić information content (AvgIpc) is 2.57. The molecule has 0 aromatic carbocycles. The van der Waals surface area contributed by atoms with E-state index in [2.05, 4.69) is 27.0 Å². The molecule has 1 aliphatic rings. The van der Waals surface area contributed by atoms with Crippen LogP contribution in [0.2, 0.25) is 5.02 Å². The molecule has 1 aliphatic carbocycles. The number of carbonyl (C=O) groups excluding carboxylic acids is 2. The Bertz CT molecular complexity index is 703. The molecule has 0 unspecified atom stereocenters. The van der Waals surface area contributed by atoms with Crippen LogP contribution >= 0.6 is 11.6 Å². The summed E-state index contributed by atoms with van der Waals surface area (Å²) in [6.45, 7) is 0. The molecule has 10 heteroatoms. The van der Waals surface area contributed by atoms with Crippen molar-refractivity contribution in [3.8, 4) is 6.07 Å². The molecule has 132 valence electrons. The zero-order chi connectivity index (χ0) is 18.4. The first kappa shape index (κ1) is 18.5. The number of carbonyl (C=O) groups is 3. The Balaban J connectivity index is 1.96. The first-order valence-corrected chi connectivity index (χ1v) is 7.89. The Morgan fingerprint density at radius 3 is 2.56 bits per heavy atom. The maximum absolute atomic E-state index is 12.0. The van der Waals surface area contributed by atoms with Crippen molar-refractivity contribution < 1.29 is 19.5 Å². The molecule has 0 radical (unpaired) electrons. The van der Waals surface area contributed by atoms with Gasteiger partial charge in [-0.15, -0.1) is 0 Å². The maximum atomic E-state index is 12.0. The quantitative estimate of drug-likeness (QED) is 0.591. The van der Waals surface area contributed by atoms with E-state index in [9.17, 15) is 14.4 Å². The number of carboxylic acid groups (broad SMARTS) is 1. The van der Waals surface area contributed by atoms with Crippen LogP contribution in [-0.4, -0.2) is 40.1 Å². The van der Waals surface area contributed by atoms with Gasteiger partial charge in [0, 0.05) is 18.2 Å². The van der Waals surface area contributed by atoms with Crippen LogP contribution in [0.5, 0.6) is 0 Å². The standard InChI is InChI=1S/C15H16ClN5O4/c16-9-2-4-12(18-7-9)21-14(23)13(22)19-10-3-1-8(6-17)5-11(10)20-15(24)25/h2,4,7-8,10-11,20H,1,3,5H2,(H,19,22)(H,24,25)(H,18,21,23)/t8-,10-,11+/m0/s1. The fraction of sp³-hybridized carbons (Fsp3) is 0.400. The van der Waals surface area contributed by atoms with Gasteiger partial charge in [0.25, 0.3) is 0 Å². The lowest BCUT2D eigenvalue weighted by atomic mass is 9.83. The van der Waals surface area contributed by atoms with Gasteiger partial charge < -0.3 is 21.1 Å². The van der Waals surface area contributed by atoms with Crippen molar-refractivity contribution in [3.05, 3.63) is 23.4 Å². The van der Waals surface area contributed by atoms with Gasteiger partial charge in [0.2, 0.25) is 0 Å². The minimum atomic E-state index is -1.25. The molecule has 1 aromatic rings. The van der Waals surface area contributed by atoms with Crippen molar-refractivity contribution in [2.75, 3.05) is 5.32 Å². The van der Waals surface area contributed by atoms with Crippen LogP contribution in [0, 0.1) is 17.2 Å². The number of rotatable bonds is 3. The fourth-order valence-electron chi connectivity index (χ4n) is 2.64. The van der Waals surface area contributed by atoms with Gasteiger partial charge in [-0.3, -0.25) is 9.59 Å². The molecule has 0 bridgehead atoms. The minimum Gasteiger partial charge on any atom is -0.465 e. The summed E-state index contributed by atoms with van der Waals surface area (Å²) in [6.07, 6.45) is 1.25. The van der Waals surface area contributed by atoms with Gasteiger partial charge in [-0.25, -0.2) is 9.78 Å². The molecule has 3 atom stereocenters. The van der Waals surface area contributed by atoms with Crippen molar-refractivity contribution in [3.63, 3.8) is 0 Å². The second kappa shape index (κ2) is 8.30. The van der Waals surface area contributed by atoms with E-state index in [4.69, 9.17) is 22.0 Å². The molecule has 0 aliphatic heterocycles. The van der Waals surface area contributed by atoms with E-state index in [1.54, 1.807) is 0 Å². The molecule has 1 saturated carbocycles. The lowest BCUT2D eigenvalue weighted by Crippen LogP contribution is -2.55. The summed E-state index contributed by atoms with van der Waals surface area (Å²) in [4.78, 5) is 38.7. The van der Waals surface area contributed by atoms with Crippen LogP contribution < -0.4 is 16.0 Å². The highest BCUT2D eigenvalue weighted by Crippen LogP contribution is 2.24. The van der Waals surface area contributed by atoms with Crippen LogP contribution in [-0.2, 0) is 9.59 Å². The van der Waals surface area contributed by atoms with Gasteiger partial charge in [-0.1, -0.05) is 11.6 Å². The second-order valence-corrected chi connectivity index (χ2v) is 6.03. The lowest BCUT2D eigenvalue weighted by molar-refractivity contribution is -0.136. The molecule has 0 spiro atoms. The SMILES string of the molecule is N#C[C@H]1CC[C@H](NC(=O)C(=O)Nc2ccc(Cl)cn2)[C@H](NC(=O)O)C1. The van der Waals surface area contributed by atoms with Crippen LogP contribution in [0.15, 0.2) is 18.3 Å². The summed E-state index contributed by atoms with van der Waals surface area (Å²) >= 11 is 5.69. The third-order valence-corrected chi connectivity index (χ3v) is 4.06. The van der Waals surface area contributed by atoms with E-state index in [0.717, 1.165) is 0 Å². The summed E-state index contributed by atoms with van der Waals surface area (Å²) in [5.74, 6) is -1.96. The van der Waals surface area contributed by atoms with Crippen molar-refractivity contribution in [2.24, 2.45) is 5.92 Å². The largest absolute Gasteiger partial charge is 0.465 e. The second-order valence-electron chi connectivity index (χ2n) is 5.59. The Kier molecular flexibility index (Phi) is 6.14. The molecule has 1 fully saturated rings. The van der Waals surface area contributed by atoms with E-state index in [-0.39, 0.29) is 18.2 Å². The number of anilines is 1. The normalized spacial score (nSPS) is 22.3. The Morgan fingerprint density at radius 1 is 1.20 bits per heavy atom. The number of hydrogen-bond acceptors (Lipinski definition) is 5. The molecule has 4 N–H and O–H groups in total. The van der Waals surface area contributed by atoms with Gasteiger partial charge in [0.05, 0.1) is 17.1 Å². The molecular formula is C15H16ClN5O4. The van der Waals surface area contributed by atoms with E-state index in [0.29, 0.717) is 17.9 Å². The zero-order valence-electron chi connectivity index (χ0n) is 13.0. The van der Waals surface area contributed by atoms with Crippen LogP contribution in [0.4, 0.5) is 10.6 Å². The Labute approximate surface area is 148 Å². The predicted octanol–water partition coefficient (Wildman–Crippen LogP) is 1.12. The molecule has 3 amide bonds. The van der Waals surface area contributed by atoms with Gasteiger partial charge in [-0.2, -0.15) is 5.26 Å². The molecule has 1 aromatic heterocycles. The highest BCUT2D eigenvalue weighted by molar-refractivity contribution is 6.39. The zero-order valence-corrected chi connectivity index (χ0v) is 13.8. The highest BCUT2D eigenvalue weighted by atomic mass is 35.5. The number of aromatic nitrogens is 1. The number of nitrogens with one attached hydrogen (secondary N) is 3. The molecule has 9 nitrogen and oxygen atoms in total. The smallest absolute Gasteiger partial charge is 0.404 e. The monoisotopic (exact) mass is 365 g/mol. The highest BCUT2D eigenvalue weighted by Gasteiger charge is 2.33. The maximum Gasteiger partial charge on any atom is 0.404 e. The third-order valence-electron chi connectivity index (χ3n) is 3.83. The molecule has 1 heterocycles. The van der Waals surface area contributed by atoms with E-state index in [1.807, 2.05) is 0 Å². The van der Waals surface area contributed by atoms with Crippen molar-refractivity contribution in [1.82, 2.24) is 15.6 Å². The number of amides is 3. The third kappa shape index (κ3) is 5.32. The lowest BCUT2D eigenvalue weighted by Gasteiger charge is -2.33. The average molecular weight is 366 g/mol. The summed E-state index contributed by atoms with van der Waals surface area (Å²) in [7, 11) is 0. The van der Waals surface area contributed by atoms with Crippen molar-refractivity contribution in [1.29, 1.82) is 5.26 Å². The minimum absolute atomic E-state index is 0.165. The number of hydrogen-bond donors (Lipinski definition) is 4. The molecule has 2 rings (SSSR count). The van der Waals surface area contributed by atoms with Crippen LogP contribution in [0.25, 0.3) is 0 Å². The van der Waals surface area contributed by atoms with Crippen LogP contribution in [0.3, 0.4) is 0 Å². The molecule has 25 heavy (non-hydrogen) atoms. The van der Waals surface area contributed by atoms with Crippen molar-refractivity contribution >= 4 is 35.3 Å². The first-order chi connectivity index (χ1) is 11.9. The van der Waals surface area contributed by atoms with Gasteiger partial charge in [-0.05, 0) is 31.4 Å². The fourth-order valence-corrected chi connectivity index (χ4v) is 2.75. The van der Waals surface area contributed by atoms with Gasteiger partial charge in [0.1, 0.15) is 5.82 Å². The summed E-state index contributed by atoms with van der Waals surface area (Å²) in [6, 6.07) is 3.84. The predicted molar refractivity (Wildman–Crippen MR) is 87.7 cm³/mol. The topological polar surface area (TPSA) is 144 Å². The van der Waals surface area contributed by atoms with Gasteiger partial charge in [0.15, 0.2) is 0 Å². The van der Waals surface area contributed by atoms with Crippen molar-refractivity contribution in [2.45, 2.75) is 31.3 Å². The number of pyridine rings is 1. The molecular weight excluding hydrogens is 350 g/mol. The Morgan fingerprint density at radius 2 is 1.96 bits per heavy atom. The summed E-state index contributed by atoms with van der Waals surface area (Å²) in [5.41, 5.74) is 0.